The molecule has 0 aliphatic carbocycles. The molecule has 0 spiro atoms. The molecule has 5 aromatic carbocycles. The van der Waals surface area contributed by atoms with Gasteiger partial charge in [0.15, 0.2) is 0 Å². The standard InChI is InChI=1S/C75H98N14O15S2/c1-43(2)78-38-50-30-28-49(29-31-50)36-58-70(98)87-63(44(3)91)72(100)85-59(35-48-23-13-8-14-24-48)71(99)88-64(45(4)92)73(101)86-61(40-90)74(102)89(5)62(75(103)104)42-106-105-41-53(77)65(93)80-55(27-17-18-32-76)66(94)81-56(33-46-19-9-6-10-20-46)67(95)82-57(34-47-21-11-7-12-22-47)68(96)84-60(69(97)83-58)37-51-39-79-54-26-16-15-25-52(51)54/h6-16,19-26,28-31,39,43-45,53,55-64,78-79,90-92H,17-18,27,32-38,40-42,76-77H2,1-5H3,(H,80,93)(H,81,94)(H,82,95)(H,83,97)(H,84,96)(H,85,100)(H,86,101)(H,87,98)(H,88,99)(H,103,104)/t44-,45-,53+,55+,56+,57+,58+,59+,60-,61+,62+,63-,64+/m1/s1. The van der Waals surface area contributed by atoms with Gasteiger partial charge in [0.05, 0.1) is 24.9 Å². The summed E-state index contributed by atoms with van der Waals surface area (Å²) in [4.78, 5) is 164. The van der Waals surface area contributed by atoms with E-state index in [2.05, 4.69) is 58.2 Å². The van der Waals surface area contributed by atoms with Crippen LogP contribution in [-0.4, -0.2) is 212 Å². The number of likely N-dealkylation sites (N-methyl/N-ethyl adjacent to an activating group) is 1. The molecule has 1 fully saturated rings. The molecule has 0 unspecified atom stereocenters. The van der Waals surface area contributed by atoms with Gasteiger partial charge in [-0.2, -0.15) is 0 Å². The second kappa shape index (κ2) is 41.8. The number of nitrogens with one attached hydrogen (secondary N) is 11. The minimum atomic E-state index is -1.91. The number of nitrogens with zero attached hydrogens (tertiary/aromatic N) is 1. The van der Waals surface area contributed by atoms with Crippen LogP contribution in [0.25, 0.3) is 10.9 Å². The number of nitrogens with two attached hydrogens (primary N) is 2. The maximum atomic E-state index is 15.5. The molecule has 7 rings (SSSR count). The lowest BCUT2D eigenvalue weighted by Crippen LogP contribution is -2.63. The number of hydrogen-bond acceptors (Lipinski definition) is 19. The van der Waals surface area contributed by atoms with Crippen molar-refractivity contribution in [3.63, 3.8) is 0 Å². The third-order valence-corrected chi connectivity index (χ3v) is 20.2. The van der Waals surface area contributed by atoms with E-state index in [1.54, 1.807) is 121 Å². The van der Waals surface area contributed by atoms with Gasteiger partial charge in [0, 0.05) is 80.3 Å². The van der Waals surface area contributed by atoms with E-state index >= 15 is 19.2 Å². The summed E-state index contributed by atoms with van der Waals surface area (Å²) >= 11 is 0. The van der Waals surface area contributed by atoms with Crippen LogP contribution in [0.1, 0.15) is 80.3 Å². The number of carbonyl (C=O) groups is 11. The number of para-hydroxylation sites is 1. The Bertz CT molecular complexity index is 3920. The Kier molecular flexibility index (Phi) is 33.0. The number of aliphatic carboxylic acids is 1. The molecule has 1 aliphatic rings. The maximum absolute atomic E-state index is 15.5. The molecule has 6 aromatic rings. The molecule has 31 heteroatoms. The first-order chi connectivity index (χ1) is 50.7. The molecule has 1 saturated heterocycles. The Balaban J connectivity index is 1.32. The number of carboxylic acids is 1. The molecule has 0 saturated carbocycles. The van der Waals surface area contributed by atoms with Crippen molar-refractivity contribution >= 4 is 97.5 Å². The molecule has 29 nitrogen and oxygen atoms in total. The fourth-order valence-corrected chi connectivity index (χ4v) is 14.1. The van der Waals surface area contributed by atoms with Crippen molar-refractivity contribution < 1.29 is 73.2 Å². The monoisotopic (exact) mass is 1500 g/mol. The van der Waals surface area contributed by atoms with E-state index in [0.29, 0.717) is 58.1 Å². The minimum absolute atomic E-state index is 0.0306. The highest BCUT2D eigenvalue weighted by Gasteiger charge is 2.40. The summed E-state index contributed by atoms with van der Waals surface area (Å²) < 4.78 is 0. The smallest absolute Gasteiger partial charge is 0.327 e. The van der Waals surface area contributed by atoms with E-state index < -0.39 is 150 Å². The summed E-state index contributed by atoms with van der Waals surface area (Å²) in [6.45, 7) is 5.94. The number of aromatic nitrogens is 1. The van der Waals surface area contributed by atoms with Crippen molar-refractivity contribution in [3.05, 3.63) is 179 Å². The molecular weight excluding hydrogens is 1400 g/mol. The lowest BCUT2D eigenvalue weighted by molar-refractivity contribution is -0.149. The average Bonchev–Trinajstić information content (AvgIpc) is 1.54. The van der Waals surface area contributed by atoms with Gasteiger partial charge in [-0.3, -0.25) is 47.9 Å². The summed E-state index contributed by atoms with van der Waals surface area (Å²) in [6.07, 6.45) is -2.02. The van der Waals surface area contributed by atoms with Gasteiger partial charge in [-0.25, -0.2) is 4.79 Å². The van der Waals surface area contributed by atoms with Crippen LogP contribution in [-0.2, 0) is 91.4 Å². The predicted molar refractivity (Wildman–Crippen MR) is 402 cm³/mol. The summed E-state index contributed by atoms with van der Waals surface area (Å²) in [5.41, 5.74) is 16.6. The molecule has 10 amide bonds. The first-order valence-corrected chi connectivity index (χ1v) is 37.6. The van der Waals surface area contributed by atoms with Gasteiger partial charge in [-0.15, -0.1) is 0 Å². The lowest BCUT2D eigenvalue weighted by Gasteiger charge is -2.30. The number of fused-ring (bicyclic) bond motifs is 1. The van der Waals surface area contributed by atoms with Crippen molar-refractivity contribution in [3.8, 4) is 0 Å². The van der Waals surface area contributed by atoms with E-state index in [1.165, 1.54) is 6.92 Å². The number of aromatic amines is 1. The molecule has 106 heavy (non-hydrogen) atoms. The molecule has 1 aromatic heterocycles. The van der Waals surface area contributed by atoms with Crippen molar-refractivity contribution in [1.29, 1.82) is 0 Å². The van der Waals surface area contributed by atoms with Crippen LogP contribution in [0.3, 0.4) is 0 Å². The first-order valence-electron chi connectivity index (χ1n) is 35.1. The number of benzene rings is 5. The number of aliphatic hydroxyl groups excluding tert-OH is 3. The Morgan fingerprint density at radius 1 is 0.491 bits per heavy atom. The molecule has 13 atom stereocenters. The van der Waals surface area contributed by atoms with Crippen molar-refractivity contribution in [2.75, 3.05) is 31.7 Å². The fourth-order valence-electron chi connectivity index (χ4n) is 11.7. The molecule has 19 N–H and O–H groups in total. The molecular formula is C75H98N14O15S2. The third kappa shape index (κ3) is 25.5. The molecule has 570 valence electrons. The second-order valence-electron chi connectivity index (χ2n) is 26.5. The van der Waals surface area contributed by atoms with Crippen LogP contribution in [0.2, 0.25) is 0 Å². The zero-order valence-electron chi connectivity index (χ0n) is 59.8. The Morgan fingerprint density at radius 2 is 0.877 bits per heavy atom. The Hall–Kier alpha value is -9.73. The predicted octanol–water partition coefficient (Wildman–Crippen LogP) is 0.0592. The van der Waals surface area contributed by atoms with Gasteiger partial charge >= 0.3 is 5.97 Å². The van der Waals surface area contributed by atoms with Crippen LogP contribution in [0, 0.1) is 0 Å². The van der Waals surface area contributed by atoms with E-state index in [1.807, 2.05) is 38.1 Å². The van der Waals surface area contributed by atoms with Crippen LogP contribution >= 0.6 is 21.6 Å². The number of H-pyrrole nitrogens is 1. The van der Waals surface area contributed by atoms with Crippen LogP contribution in [0.15, 0.2) is 146 Å². The third-order valence-electron chi connectivity index (χ3n) is 17.8. The van der Waals surface area contributed by atoms with Gasteiger partial charge in [0.25, 0.3) is 0 Å². The number of aliphatic hydroxyl groups is 3. The molecule has 0 bridgehead atoms. The fraction of sp³-hybridized carbons (Fsp3) is 0.427. The van der Waals surface area contributed by atoms with E-state index in [0.717, 1.165) is 46.0 Å². The summed E-state index contributed by atoms with van der Waals surface area (Å²) in [5.74, 6) is -11.8. The zero-order chi connectivity index (χ0) is 77.0. The zero-order valence-corrected chi connectivity index (χ0v) is 61.5. The highest BCUT2D eigenvalue weighted by molar-refractivity contribution is 8.76. The molecule has 0 radical (unpaired) electrons. The number of amides is 10. The molecule has 1 aliphatic heterocycles. The summed E-state index contributed by atoms with van der Waals surface area (Å²) in [6, 6.07) is 22.5. The topological polar surface area (TPSA) is 460 Å². The first kappa shape index (κ1) is 83.5. The number of hydrogen-bond donors (Lipinski definition) is 17. The SMILES string of the molecule is CC(C)NCc1ccc(C[C@@H]2NC(=O)[C@@H](Cc3c[nH]c4ccccc34)NC(=O)[C@H](Cc3ccccc3)NC(=O)[C@H](Cc3ccccc3)NC(=O)[C@H](CCCCN)NC(=O)[C@@H](N)CSSC[C@@H](C(=O)O)N(C)C(=O)[C@H](CO)NC(=O)[C@H]([C@@H](C)O)NC(=O)[C@H](Cc3ccccc3)NC(=O)[C@@H]([C@@H](C)O)NC2=O)cc1. The van der Waals surface area contributed by atoms with Gasteiger partial charge in [-0.1, -0.05) is 169 Å². The number of carboxylic acid groups (broad SMARTS) is 1. The van der Waals surface area contributed by atoms with Crippen molar-refractivity contribution in [2.45, 2.75) is 170 Å². The average molecular weight is 1500 g/mol. The van der Waals surface area contributed by atoms with E-state index in [9.17, 15) is 54.0 Å². The van der Waals surface area contributed by atoms with Gasteiger partial charge in [0.2, 0.25) is 59.1 Å². The highest BCUT2D eigenvalue weighted by atomic mass is 33.1. The van der Waals surface area contributed by atoms with E-state index in [4.69, 9.17) is 11.5 Å². The lowest BCUT2D eigenvalue weighted by atomic mass is 9.99. The minimum Gasteiger partial charge on any atom is -0.480 e. The van der Waals surface area contributed by atoms with Gasteiger partial charge in [-0.05, 0) is 79.1 Å². The Labute approximate surface area is 623 Å². The van der Waals surface area contributed by atoms with Crippen LogP contribution < -0.4 is 64.6 Å². The van der Waals surface area contributed by atoms with Crippen molar-refractivity contribution in [2.24, 2.45) is 11.5 Å². The largest absolute Gasteiger partial charge is 0.480 e. The quantitative estimate of drug-likeness (QED) is 0.0335. The Morgan fingerprint density at radius 3 is 1.32 bits per heavy atom. The van der Waals surface area contributed by atoms with Crippen LogP contribution in [0.5, 0.6) is 0 Å². The highest BCUT2D eigenvalue weighted by Crippen LogP contribution is 2.25. The normalized spacial score (nSPS) is 23.8. The number of carbonyl (C=O) groups excluding carboxylic acids is 10. The maximum Gasteiger partial charge on any atom is 0.327 e. The number of unbranched alkanes of at least 4 members (excludes halogenated alkanes) is 1. The second-order valence-corrected chi connectivity index (χ2v) is 29.1. The number of rotatable bonds is 21. The van der Waals surface area contributed by atoms with Crippen molar-refractivity contribution in [1.82, 2.24) is 63.1 Å². The van der Waals surface area contributed by atoms with Crippen LogP contribution in [0.4, 0.5) is 0 Å². The summed E-state index contributed by atoms with van der Waals surface area (Å²) in [7, 11) is 2.99. The summed E-state index contributed by atoms with van der Waals surface area (Å²) in [5, 5.41) is 71.4. The molecule has 2 heterocycles. The van der Waals surface area contributed by atoms with E-state index in [-0.39, 0.29) is 62.6 Å². The van der Waals surface area contributed by atoms with Gasteiger partial charge in [0.1, 0.15) is 60.4 Å². The van der Waals surface area contributed by atoms with Gasteiger partial charge < -0.3 is 94.9 Å².